The minimum absolute atomic E-state index is 0.00854. The lowest BCUT2D eigenvalue weighted by molar-refractivity contribution is -0.191. The average Bonchev–Trinajstić information content (AvgIpc) is 2.97. The number of carbonyl (C=O) groups excluding carboxylic acids is 3. The standard InChI is InChI=1S/C24H27F3N2O3/c1-22(2)13-17-19(18(30)14-22)23(24(25,26)27,28-20(31)15-9-5-3-6-10-15)21(32)29(17)16-11-7-4-8-12-16/h3,5-6,9-10,16H,4,7-8,11-14H2,1-2H3,(H,28,31)/t23-/m0/s1. The van der Waals surface area contributed by atoms with E-state index in [2.05, 4.69) is 0 Å². The Kier molecular flexibility index (Phi) is 5.46. The third-order valence-corrected chi connectivity index (χ3v) is 6.76. The van der Waals surface area contributed by atoms with Crippen molar-refractivity contribution >= 4 is 17.6 Å². The maximum absolute atomic E-state index is 14.8. The van der Waals surface area contributed by atoms with Crippen LogP contribution in [0.15, 0.2) is 41.6 Å². The number of carbonyl (C=O) groups is 3. The molecular weight excluding hydrogens is 421 g/mol. The monoisotopic (exact) mass is 448 g/mol. The number of allylic oxidation sites excluding steroid dienone is 1. The molecule has 1 saturated carbocycles. The Hall–Kier alpha value is -2.64. The van der Waals surface area contributed by atoms with Gasteiger partial charge in [-0.15, -0.1) is 0 Å². The number of Topliss-reactive ketones (excluding diaryl/α,β-unsaturated/α-hetero) is 1. The molecule has 1 heterocycles. The van der Waals surface area contributed by atoms with E-state index in [1.165, 1.54) is 29.2 Å². The van der Waals surface area contributed by atoms with Crippen molar-refractivity contribution < 1.29 is 27.6 Å². The summed E-state index contributed by atoms with van der Waals surface area (Å²) in [6, 6.07) is 7.03. The number of alkyl halides is 3. The zero-order valence-corrected chi connectivity index (χ0v) is 18.2. The first kappa shape index (κ1) is 22.6. The van der Waals surface area contributed by atoms with Gasteiger partial charge in [-0.2, -0.15) is 13.2 Å². The number of ketones is 1. The van der Waals surface area contributed by atoms with E-state index in [-0.39, 0.29) is 24.1 Å². The quantitative estimate of drug-likeness (QED) is 0.739. The molecule has 1 fully saturated rings. The maximum Gasteiger partial charge on any atom is 0.425 e. The summed E-state index contributed by atoms with van der Waals surface area (Å²) >= 11 is 0. The molecule has 5 nitrogen and oxygen atoms in total. The Bertz CT molecular complexity index is 978. The molecule has 1 N–H and O–H groups in total. The number of halogens is 3. The Morgan fingerprint density at radius 3 is 2.25 bits per heavy atom. The van der Waals surface area contributed by atoms with E-state index in [9.17, 15) is 27.6 Å². The fourth-order valence-corrected chi connectivity index (χ4v) is 5.34. The van der Waals surface area contributed by atoms with Crippen LogP contribution < -0.4 is 5.32 Å². The summed E-state index contributed by atoms with van der Waals surface area (Å²) in [5.41, 5.74) is -4.40. The van der Waals surface area contributed by atoms with Gasteiger partial charge in [-0.1, -0.05) is 51.3 Å². The lowest BCUT2D eigenvalue weighted by Crippen LogP contribution is -2.66. The van der Waals surface area contributed by atoms with Crippen LogP contribution >= 0.6 is 0 Å². The highest BCUT2D eigenvalue weighted by molar-refractivity contribution is 6.14. The fourth-order valence-electron chi connectivity index (χ4n) is 5.34. The summed E-state index contributed by atoms with van der Waals surface area (Å²) in [5, 5.41) is 1.99. The number of nitrogens with zero attached hydrogens (tertiary/aromatic N) is 1. The van der Waals surface area contributed by atoms with Crippen LogP contribution in [0.25, 0.3) is 0 Å². The van der Waals surface area contributed by atoms with Crippen molar-refractivity contribution in [1.82, 2.24) is 10.2 Å². The number of hydrogen-bond donors (Lipinski definition) is 1. The van der Waals surface area contributed by atoms with Crippen LogP contribution in [-0.2, 0) is 9.59 Å². The third kappa shape index (κ3) is 3.53. The van der Waals surface area contributed by atoms with Crippen molar-refractivity contribution in [2.45, 2.75) is 76.6 Å². The molecule has 2 amide bonds. The molecule has 0 radical (unpaired) electrons. The largest absolute Gasteiger partial charge is 0.425 e. The smallest absolute Gasteiger partial charge is 0.326 e. The normalized spacial score (nSPS) is 26.3. The second kappa shape index (κ2) is 7.74. The molecule has 172 valence electrons. The fraction of sp³-hybridized carbons (Fsp3) is 0.542. The Morgan fingerprint density at radius 1 is 1.03 bits per heavy atom. The molecule has 4 rings (SSSR count). The molecule has 0 bridgehead atoms. The molecule has 0 spiro atoms. The molecule has 1 aliphatic heterocycles. The average molecular weight is 448 g/mol. The van der Waals surface area contributed by atoms with Crippen molar-refractivity contribution in [3.63, 3.8) is 0 Å². The van der Waals surface area contributed by atoms with Crippen LogP contribution in [0.3, 0.4) is 0 Å². The van der Waals surface area contributed by atoms with Crippen LogP contribution in [0.4, 0.5) is 13.2 Å². The predicted octanol–water partition coefficient (Wildman–Crippen LogP) is 4.54. The van der Waals surface area contributed by atoms with Gasteiger partial charge in [0.15, 0.2) is 5.78 Å². The van der Waals surface area contributed by atoms with E-state index in [4.69, 9.17) is 0 Å². The van der Waals surface area contributed by atoms with Crippen LogP contribution in [0.2, 0.25) is 0 Å². The predicted molar refractivity (Wildman–Crippen MR) is 111 cm³/mol. The summed E-state index contributed by atoms with van der Waals surface area (Å²) in [6.45, 7) is 3.63. The first-order valence-corrected chi connectivity index (χ1v) is 11.0. The molecule has 0 aromatic heterocycles. The molecule has 0 saturated heterocycles. The lowest BCUT2D eigenvalue weighted by atomic mass is 9.72. The Labute approximate surface area is 185 Å². The van der Waals surface area contributed by atoms with Gasteiger partial charge in [0, 0.05) is 23.7 Å². The van der Waals surface area contributed by atoms with Gasteiger partial charge >= 0.3 is 6.18 Å². The molecule has 2 aliphatic carbocycles. The first-order chi connectivity index (χ1) is 15.0. The number of amides is 2. The van der Waals surface area contributed by atoms with Crippen LogP contribution in [0, 0.1) is 5.41 Å². The van der Waals surface area contributed by atoms with Crippen molar-refractivity contribution in [2.75, 3.05) is 0 Å². The number of hydrogen-bond acceptors (Lipinski definition) is 3. The van der Waals surface area contributed by atoms with Gasteiger partial charge in [0.1, 0.15) is 0 Å². The van der Waals surface area contributed by atoms with E-state index in [0.717, 1.165) is 19.3 Å². The highest BCUT2D eigenvalue weighted by atomic mass is 19.4. The zero-order valence-electron chi connectivity index (χ0n) is 18.2. The summed E-state index contributed by atoms with van der Waals surface area (Å²) in [6.07, 6.45) is -1.37. The van der Waals surface area contributed by atoms with Gasteiger partial charge in [-0.3, -0.25) is 14.4 Å². The van der Waals surface area contributed by atoms with Gasteiger partial charge in [-0.25, -0.2) is 0 Å². The number of benzene rings is 1. The third-order valence-electron chi connectivity index (χ3n) is 6.76. The highest BCUT2D eigenvalue weighted by Gasteiger charge is 2.72. The maximum atomic E-state index is 14.8. The molecule has 0 unspecified atom stereocenters. The zero-order chi connectivity index (χ0) is 23.3. The second-order valence-corrected chi connectivity index (χ2v) is 9.80. The van der Waals surface area contributed by atoms with Crippen LogP contribution in [0.1, 0.15) is 69.2 Å². The number of rotatable bonds is 3. The topological polar surface area (TPSA) is 66.5 Å². The Balaban J connectivity index is 1.88. The van der Waals surface area contributed by atoms with E-state index in [1.54, 1.807) is 6.07 Å². The van der Waals surface area contributed by atoms with Crippen molar-refractivity contribution in [3.8, 4) is 0 Å². The van der Waals surface area contributed by atoms with E-state index >= 15 is 0 Å². The van der Waals surface area contributed by atoms with Gasteiger partial charge in [0.05, 0.1) is 5.57 Å². The summed E-state index contributed by atoms with van der Waals surface area (Å²) in [4.78, 5) is 40.9. The number of nitrogens with one attached hydrogen (secondary N) is 1. The van der Waals surface area contributed by atoms with E-state index < -0.39 is 46.3 Å². The van der Waals surface area contributed by atoms with Gasteiger partial charge in [-0.05, 0) is 36.8 Å². The minimum Gasteiger partial charge on any atom is -0.326 e. The Morgan fingerprint density at radius 2 is 1.66 bits per heavy atom. The molecule has 1 atom stereocenters. The summed E-state index contributed by atoms with van der Waals surface area (Å²) < 4.78 is 44.3. The van der Waals surface area contributed by atoms with Gasteiger partial charge in [0.2, 0.25) is 5.54 Å². The van der Waals surface area contributed by atoms with Crippen molar-refractivity contribution in [2.24, 2.45) is 5.41 Å². The lowest BCUT2D eigenvalue weighted by Gasteiger charge is -2.37. The molecule has 1 aromatic rings. The first-order valence-electron chi connectivity index (χ1n) is 11.0. The van der Waals surface area contributed by atoms with Crippen molar-refractivity contribution in [3.05, 3.63) is 47.2 Å². The van der Waals surface area contributed by atoms with Crippen LogP contribution in [0.5, 0.6) is 0 Å². The highest BCUT2D eigenvalue weighted by Crippen LogP contribution is 2.53. The molecule has 3 aliphatic rings. The summed E-state index contributed by atoms with van der Waals surface area (Å²) in [7, 11) is 0. The van der Waals surface area contributed by atoms with E-state index in [0.29, 0.717) is 12.8 Å². The minimum atomic E-state index is -5.17. The SMILES string of the molecule is CC1(C)CC(=O)C2=C(C1)N(C1CCCCC1)C(=O)[C@]2(NC(=O)c1ccccc1)C(F)(F)F. The van der Waals surface area contributed by atoms with E-state index in [1.807, 2.05) is 19.2 Å². The molecular formula is C24H27F3N2O3. The van der Waals surface area contributed by atoms with Gasteiger partial charge in [0.25, 0.3) is 11.8 Å². The van der Waals surface area contributed by atoms with Crippen LogP contribution in [-0.4, -0.2) is 40.3 Å². The van der Waals surface area contributed by atoms with Gasteiger partial charge < -0.3 is 10.2 Å². The summed E-state index contributed by atoms with van der Waals surface area (Å²) in [5.74, 6) is -3.02. The molecule has 8 heteroatoms. The second-order valence-electron chi connectivity index (χ2n) is 9.80. The molecule has 32 heavy (non-hydrogen) atoms. The molecule has 1 aromatic carbocycles. The van der Waals surface area contributed by atoms with Crippen molar-refractivity contribution in [1.29, 1.82) is 0 Å².